The number of carbonyl (C=O) groups excluding carboxylic acids is 1. The first-order valence-corrected chi connectivity index (χ1v) is 13.6. The second-order valence-electron chi connectivity index (χ2n) is 8.74. The number of fused-ring (bicyclic) bond motifs is 3. The molecule has 10 heteroatoms. The molecule has 0 fully saturated rings. The number of hydrogen-bond acceptors (Lipinski definition) is 7. The van der Waals surface area contributed by atoms with E-state index in [1.54, 1.807) is 34.1 Å². The van der Waals surface area contributed by atoms with Crippen LogP contribution < -0.4 is 11.0 Å². The highest BCUT2D eigenvalue weighted by molar-refractivity contribution is 7.99. The van der Waals surface area contributed by atoms with Crippen LogP contribution in [0.4, 0.5) is 0 Å². The van der Waals surface area contributed by atoms with E-state index < -0.39 is 11.9 Å². The summed E-state index contributed by atoms with van der Waals surface area (Å²) in [7, 11) is 0. The third-order valence-electron chi connectivity index (χ3n) is 6.17. The van der Waals surface area contributed by atoms with Gasteiger partial charge in [-0.05, 0) is 56.4 Å². The molecule has 0 atom stereocenters. The van der Waals surface area contributed by atoms with Gasteiger partial charge in [0.2, 0.25) is 0 Å². The lowest BCUT2D eigenvalue weighted by molar-refractivity contribution is -0.118. The molecule has 1 aliphatic rings. The first-order valence-electron chi connectivity index (χ1n) is 11.8. The minimum Gasteiger partial charge on any atom is -0.478 e. The van der Waals surface area contributed by atoms with Gasteiger partial charge < -0.3 is 5.11 Å². The Kier molecular flexibility index (Phi) is 7.20. The van der Waals surface area contributed by atoms with Crippen molar-refractivity contribution in [1.82, 2.24) is 15.0 Å². The molecule has 8 nitrogen and oxygen atoms in total. The van der Waals surface area contributed by atoms with Gasteiger partial charge in [-0.2, -0.15) is 5.10 Å². The molecule has 4 aromatic rings. The first kappa shape index (κ1) is 24.9. The molecular formula is C27H24N4O4S2. The number of aryl methyl sites for hydroxylation is 3. The molecule has 2 heterocycles. The number of thiophene rings is 1. The predicted octanol–water partition coefficient (Wildman–Crippen LogP) is 4.58. The van der Waals surface area contributed by atoms with Gasteiger partial charge in [0.1, 0.15) is 4.83 Å². The Bertz CT molecular complexity index is 1590. The molecule has 0 aliphatic heterocycles. The summed E-state index contributed by atoms with van der Waals surface area (Å²) in [6.45, 7) is 1.98. The van der Waals surface area contributed by atoms with Crippen molar-refractivity contribution >= 4 is 51.4 Å². The van der Waals surface area contributed by atoms with Crippen molar-refractivity contribution in [3.8, 4) is 5.69 Å². The van der Waals surface area contributed by atoms with E-state index in [1.807, 2.05) is 31.2 Å². The smallest absolute Gasteiger partial charge is 0.336 e. The zero-order chi connectivity index (χ0) is 25.9. The molecule has 0 bridgehead atoms. The maximum absolute atomic E-state index is 13.8. The van der Waals surface area contributed by atoms with Crippen molar-refractivity contribution in [1.29, 1.82) is 0 Å². The normalized spacial score (nSPS) is 13.1. The molecule has 0 saturated carbocycles. The van der Waals surface area contributed by atoms with Crippen LogP contribution in [0.15, 0.2) is 63.6 Å². The fraction of sp³-hybridized carbons (Fsp3) is 0.222. The summed E-state index contributed by atoms with van der Waals surface area (Å²) in [5, 5.41) is 14.3. The van der Waals surface area contributed by atoms with Crippen LogP contribution in [0.2, 0.25) is 0 Å². The lowest BCUT2D eigenvalue weighted by atomic mass is 9.97. The van der Waals surface area contributed by atoms with Crippen molar-refractivity contribution < 1.29 is 14.7 Å². The Balaban J connectivity index is 1.42. The summed E-state index contributed by atoms with van der Waals surface area (Å²) in [5.41, 5.74) is 5.69. The average molecular weight is 533 g/mol. The Labute approximate surface area is 221 Å². The van der Waals surface area contributed by atoms with E-state index in [4.69, 9.17) is 4.98 Å². The third-order valence-corrected chi connectivity index (χ3v) is 8.29. The van der Waals surface area contributed by atoms with Crippen LogP contribution in [0.25, 0.3) is 15.9 Å². The summed E-state index contributed by atoms with van der Waals surface area (Å²) in [6, 6.07) is 14.1. The van der Waals surface area contributed by atoms with Gasteiger partial charge in [-0.25, -0.2) is 15.2 Å². The van der Waals surface area contributed by atoms with Gasteiger partial charge in [-0.1, -0.05) is 47.7 Å². The average Bonchev–Trinajstić information content (AvgIpc) is 3.27. The molecule has 0 spiro atoms. The van der Waals surface area contributed by atoms with Gasteiger partial charge in [0.15, 0.2) is 5.16 Å². The molecule has 37 heavy (non-hydrogen) atoms. The van der Waals surface area contributed by atoms with Crippen molar-refractivity contribution in [2.75, 3.05) is 5.75 Å². The van der Waals surface area contributed by atoms with Gasteiger partial charge in [0, 0.05) is 10.4 Å². The number of carboxylic acid groups (broad SMARTS) is 1. The number of aromatic nitrogens is 2. The second-order valence-corrected chi connectivity index (χ2v) is 10.8. The molecule has 188 valence electrons. The Morgan fingerprint density at radius 2 is 1.92 bits per heavy atom. The van der Waals surface area contributed by atoms with Crippen LogP contribution in [0.1, 0.15) is 44.8 Å². The van der Waals surface area contributed by atoms with Crippen molar-refractivity contribution in [2.45, 2.75) is 37.8 Å². The van der Waals surface area contributed by atoms with Crippen LogP contribution in [-0.4, -0.2) is 38.5 Å². The summed E-state index contributed by atoms with van der Waals surface area (Å²) in [6.07, 6.45) is 5.34. The zero-order valence-electron chi connectivity index (χ0n) is 20.1. The van der Waals surface area contributed by atoms with E-state index in [9.17, 15) is 19.5 Å². The monoisotopic (exact) mass is 532 g/mol. The lowest BCUT2D eigenvalue weighted by Crippen LogP contribution is -2.24. The molecule has 2 N–H and O–H groups in total. The van der Waals surface area contributed by atoms with Crippen molar-refractivity contribution in [3.05, 3.63) is 86.0 Å². The number of amides is 1. The number of rotatable bonds is 7. The molecule has 0 saturated heterocycles. The Hall–Kier alpha value is -3.76. The largest absolute Gasteiger partial charge is 0.478 e. The van der Waals surface area contributed by atoms with E-state index in [1.165, 1.54) is 17.2 Å². The molecule has 2 aromatic carbocycles. The number of carboxylic acids is 1. The van der Waals surface area contributed by atoms with Crippen LogP contribution in [0.5, 0.6) is 0 Å². The maximum Gasteiger partial charge on any atom is 0.336 e. The molecule has 5 rings (SSSR count). The zero-order valence-corrected chi connectivity index (χ0v) is 21.7. The van der Waals surface area contributed by atoms with Crippen LogP contribution in [-0.2, 0) is 17.6 Å². The SMILES string of the molecule is Cc1ccc(-n2c(SCC(=O)NN=Cc3ccccc3C(=O)O)nc3sc4c(c3c2=O)CCCC4)cc1. The topological polar surface area (TPSA) is 114 Å². The minimum absolute atomic E-state index is 0.0210. The fourth-order valence-corrected chi connectivity index (χ4v) is 6.45. The third kappa shape index (κ3) is 5.21. The number of benzene rings is 2. The van der Waals surface area contributed by atoms with E-state index in [0.29, 0.717) is 26.6 Å². The number of thioether (sulfide) groups is 1. The van der Waals surface area contributed by atoms with Gasteiger partial charge in [-0.3, -0.25) is 14.2 Å². The summed E-state index contributed by atoms with van der Waals surface area (Å²) < 4.78 is 1.59. The number of aromatic carboxylic acids is 1. The summed E-state index contributed by atoms with van der Waals surface area (Å²) in [5.74, 6) is -1.49. The maximum atomic E-state index is 13.8. The number of nitrogens with one attached hydrogen (secondary N) is 1. The van der Waals surface area contributed by atoms with Gasteiger partial charge in [-0.15, -0.1) is 11.3 Å². The first-order chi connectivity index (χ1) is 17.9. The van der Waals surface area contributed by atoms with Gasteiger partial charge in [0.25, 0.3) is 11.5 Å². The molecule has 1 amide bonds. The van der Waals surface area contributed by atoms with Crippen molar-refractivity contribution in [3.63, 3.8) is 0 Å². The summed E-state index contributed by atoms with van der Waals surface area (Å²) in [4.78, 5) is 44.4. The van der Waals surface area contributed by atoms with E-state index in [2.05, 4.69) is 10.5 Å². The fourth-order valence-electron chi connectivity index (χ4n) is 4.35. The van der Waals surface area contributed by atoms with E-state index >= 15 is 0 Å². The van der Waals surface area contributed by atoms with E-state index in [-0.39, 0.29) is 16.9 Å². The molecule has 1 aliphatic carbocycles. The van der Waals surface area contributed by atoms with Crippen LogP contribution in [0.3, 0.4) is 0 Å². The van der Waals surface area contributed by atoms with Crippen LogP contribution >= 0.6 is 23.1 Å². The standard InChI is InChI=1S/C27H24N4O4S2/c1-16-10-12-18(13-11-16)31-25(33)23-20-8-4-5-9-21(20)37-24(23)29-27(31)36-15-22(32)30-28-14-17-6-2-3-7-19(17)26(34)35/h2-3,6-7,10-14H,4-5,8-9,15H2,1H3,(H,30,32)(H,34,35). The number of carbonyl (C=O) groups is 2. The minimum atomic E-state index is -1.07. The molecule has 0 radical (unpaired) electrons. The molecule has 2 aromatic heterocycles. The van der Waals surface area contributed by atoms with Gasteiger partial charge in [0.05, 0.1) is 28.6 Å². The van der Waals surface area contributed by atoms with E-state index in [0.717, 1.165) is 48.6 Å². The summed E-state index contributed by atoms with van der Waals surface area (Å²) >= 11 is 2.74. The Morgan fingerprint density at radius 1 is 1.16 bits per heavy atom. The Morgan fingerprint density at radius 3 is 2.70 bits per heavy atom. The highest BCUT2D eigenvalue weighted by Gasteiger charge is 2.23. The number of hydrogen-bond donors (Lipinski definition) is 2. The number of hydrazone groups is 1. The second kappa shape index (κ2) is 10.7. The molecule has 0 unspecified atom stereocenters. The quantitative estimate of drug-likeness (QED) is 0.156. The number of nitrogens with zero attached hydrogens (tertiary/aromatic N) is 3. The van der Waals surface area contributed by atoms with Crippen LogP contribution in [0, 0.1) is 6.92 Å². The highest BCUT2D eigenvalue weighted by atomic mass is 32.2. The molecular weight excluding hydrogens is 508 g/mol. The lowest BCUT2D eigenvalue weighted by Gasteiger charge is -2.13. The van der Waals surface area contributed by atoms with Crippen molar-refractivity contribution in [2.24, 2.45) is 5.10 Å². The predicted molar refractivity (Wildman–Crippen MR) is 146 cm³/mol. The highest BCUT2D eigenvalue weighted by Crippen LogP contribution is 2.35. The van der Waals surface area contributed by atoms with Gasteiger partial charge >= 0.3 is 5.97 Å².